The van der Waals surface area contributed by atoms with E-state index >= 15 is 0 Å². The van der Waals surface area contributed by atoms with E-state index in [0.717, 1.165) is 18.4 Å². The Bertz CT molecular complexity index is 749. The second-order valence-electron chi connectivity index (χ2n) is 8.05. The molecule has 1 fully saturated rings. The number of rotatable bonds is 5. The van der Waals surface area contributed by atoms with Crippen molar-refractivity contribution in [2.24, 2.45) is 5.16 Å². The molecule has 1 aromatic rings. The minimum Gasteiger partial charge on any atom is -0.466 e. The maximum Gasteiger partial charge on any atom is 0.407 e. The molecule has 1 aromatic carbocycles. The monoisotopic (exact) mass is 374 g/mol. The van der Waals surface area contributed by atoms with Crippen molar-refractivity contribution in [3.63, 3.8) is 0 Å². The lowest BCUT2D eigenvalue weighted by molar-refractivity contribution is -0.171. The highest BCUT2D eigenvalue weighted by Gasteiger charge is 2.69. The van der Waals surface area contributed by atoms with Crippen LogP contribution in [0.3, 0.4) is 0 Å². The van der Waals surface area contributed by atoms with Crippen LogP contribution in [0.1, 0.15) is 45.6 Å². The van der Waals surface area contributed by atoms with E-state index in [0.29, 0.717) is 5.71 Å². The Morgan fingerprint density at radius 1 is 1.22 bits per heavy atom. The van der Waals surface area contributed by atoms with Crippen molar-refractivity contribution in [1.29, 1.82) is 0 Å². The summed E-state index contributed by atoms with van der Waals surface area (Å²) in [6, 6.07) is 9.82. The molecule has 1 N–H and O–H groups in total. The second-order valence-corrected chi connectivity index (χ2v) is 8.05. The minimum absolute atomic E-state index is 0.151. The van der Waals surface area contributed by atoms with Gasteiger partial charge in [-0.05, 0) is 39.2 Å². The molecule has 27 heavy (non-hydrogen) atoms. The summed E-state index contributed by atoms with van der Waals surface area (Å²) in [4.78, 5) is 30.4. The Balaban J connectivity index is 1.74. The fourth-order valence-electron chi connectivity index (χ4n) is 3.61. The molecule has 1 heterocycles. The van der Waals surface area contributed by atoms with Gasteiger partial charge in [0.25, 0.3) is 0 Å². The van der Waals surface area contributed by atoms with Gasteiger partial charge in [0.1, 0.15) is 5.60 Å². The van der Waals surface area contributed by atoms with Gasteiger partial charge in [-0.3, -0.25) is 0 Å². The molecule has 1 aliphatic carbocycles. The zero-order valence-electron chi connectivity index (χ0n) is 16.2. The van der Waals surface area contributed by atoms with Crippen molar-refractivity contribution in [2.75, 3.05) is 13.7 Å². The molecule has 0 bridgehead atoms. The van der Waals surface area contributed by atoms with Gasteiger partial charge in [0.15, 0.2) is 0 Å². The third-order valence-electron chi connectivity index (χ3n) is 4.98. The number of esters is 1. The Kier molecular flexibility index (Phi) is 4.88. The van der Waals surface area contributed by atoms with Crippen LogP contribution in [0.5, 0.6) is 0 Å². The molecular weight excluding hydrogens is 348 g/mol. The average molecular weight is 374 g/mol. The SMILES string of the molecule is COC(=O)C1(C2(c3ccccc3)CC2)CC(CNC(=O)OC(C)(C)C)=NO1. The van der Waals surface area contributed by atoms with E-state index in [1.165, 1.54) is 7.11 Å². The third-order valence-corrected chi connectivity index (χ3v) is 4.98. The molecule has 3 rings (SSSR count). The zero-order chi connectivity index (χ0) is 19.7. The van der Waals surface area contributed by atoms with E-state index in [1.54, 1.807) is 20.8 Å². The van der Waals surface area contributed by atoms with E-state index in [4.69, 9.17) is 14.3 Å². The van der Waals surface area contributed by atoms with E-state index in [9.17, 15) is 9.59 Å². The number of hydrogen-bond acceptors (Lipinski definition) is 6. The highest BCUT2D eigenvalue weighted by Crippen LogP contribution is 2.60. The van der Waals surface area contributed by atoms with E-state index in [1.807, 2.05) is 30.3 Å². The maximum absolute atomic E-state index is 12.7. The summed E-state index contributed by atoms with van der Waals surface area (Å²) >= 11 is 0. The first-order valence-corrected chi connectivity index (χ1v) is 9.07. The highest BCUT2D eigenvalue weighted by molar-refractivity contribution is 5.97. The lowest BCUT2D eigenvalue weighted by atomic mass is 9.75. The quantitative estimate of drug-likeness (QED) is 0.801. The van der Waals surface area contributed by atoms with Gasteiger partial charge in [-0.2, -0.15) is 0 Å². The van der Waals surface area contributed by atoms with Gasteiger partial charge in [0, 0.05) is 11.8 Å². The fraction of sp³-hybridized carbons (Fsp3) is 0.550. The van der Waals surface area contributed by atoms with E-state index in [-0.39, 0.29) is 13.0 Å². The summed E-state index contributed by atoms with van der Waals surface area (Å²) in [5.74, 6) is -0.445. The molecule has 1 saturated carbocycles. The molecule has 0 radical (unpaired) electrons. The van der Waals surface area contributed by atoms with Gasteiger partial charge >= 0.3 is 12.1 Å². The summed E-state index contributed by atoms with van der Waals surface area (Å²) in [5, 5.41) is 6.77. The molecule has 2 aliphatic rings. The van der Waals surface area contributed by atoms with Crippen molar-refractivity contribution >= 4 is 17.8 Å². The van der Waals surface area contributed by atoms with Crippen molar-refractivity contribution in [2.45, 2.75) is 56.7 Å². The molecule has 1 aliphatic heterocycles. The van der Waals surface area contributed by atoms with E-state index < -0.39 is 28.7 Å². The number of nitrogens with one attached hydrogen (secondary N) is 1. The number of ether oxygens (including phenoxy) is 2. The van der Waals surface area contributed by atoms with Crippen molar-refractivity contribution < 1.29 is 23.9 Å². The number of benzene rings is 1. The number of carbonyl (C=O) groups is 2. The lowest BCUT2D eigenvalue weighted by Gasteiger charge is -2.33. The smallest absolute Gasteiger partial charge is 0.407 e. The van der Waals surface area contributed by atoms with Crippen LogP contribution in [0.15, 0.2) is 35.5 Å². The van der Waals surface area contributed by atoms with Crippen molar-refractivity contribution in [1.82, 2.24) is 5.32 Å². The van der Waals surface area contributed by atoms with Gasteiger partial charge in [0.2, 0.25) is 5.60 Å². The number of carbonyl (C=O) groups excluding carboxylic acids is 2. The predicted octanol–water partition coefficient (Wildman–Crippen LogP) is 2.93. The lowest BCUT2D eigenvalue weighted by Crippen LogP contribution is -2.51. The fourth-order valence-corrected chi connectivity index (χ4v) is 3.61. The summed E-state index contributed by atoms with van der Waals surface area (Å²) < 4.78 is 10.3. The molecule has 7 heteroatoms. The van der Waals surface area contributed by atoms with E-state index in [2.05, 4.69) is 10.5 Å². The first kappa shape index (κ1) is 19.2. The van der Waals surface area contributed by atoms with Crippen molar-refractivity contribution in [3.8, 4) is 0 Å². The maximum atomic E-state index is 12.7. The molecule has 1 amide bonds. The molecule has 1 unspecified atom stereocenters. The van der Waals surface area contributed by atoms with Gasteiger partial charge in [-0.1, -0.05) is 35.5 Å². The summed E-state index contributed by atoms with van der Waals surface area (Å²) in [6.07, 6.45) is 1.36. The summed E-state index contributed by atoms with van der Waals surface area (Å²) in [5.41, 5.74) is -0.633. The Hall–Kier alpha value is -2.57. The highest BCUT2D eigenvalue weighted by atomic mass is 16.7. The number of oxime groups is 1. The third kappa shape index (κ3) is 3.63. The van der Waals surface area contributed by atoms with Crippen LogP contribution >= 0.6 is 0 Å². The standard InChI is InChI=1S/C20H26N2O5/c1-18(2,3)26-17(24)21-13-15-12-20(27-22-15,16(23)25-4)19(10-11-19)14-8-6-5-7-9-14/h5-9H,10-13H2,1-4H3,(H,21,24). The van der Waals surface area contributed by atoms with Crippen LogP contribution < -0.4 is 5.32 Å². The van der Waals surface area contributed by atoms with Crippen molar-refractivity contribution in [3.05, 3.63) is 35.9 Å². The van der Waals surface area contributed by atoms with Crippen LogP contribution in [0.4, 0.5) is 4.79 Å². The number of nitrogens with zero attached hydrogens (tertiary/aromatic N) is 1. The zero-order valence-corrected chi connectivity index (χ0v) is 16.2. The number of amides is 1. The number of alkyl carbamates (subject to hydrolysis) is 1. The summed E-state index contributed by atoms with van der Waals surface area (Å²) in [6.45, 7) is 5.53. The first-order chi connectivity index (χ1) is 12.7. The number of methoxy groups -OCH3 is 1. The minimum atomic E-state index is -1.20. The second kappa shape index (κ2) is 6.87. The summed E-state index contributed by atoms with van der Waals surface area (Å²) in [7, 11) is 1.35. The van der Waals surface area contributed by atoms with Gasteiger partial charge in [0.05, 0.1) is 19.4 Å². The predicted molar refractivity (Wildman–Crippen MR) is 99.5 cm³/mol. The van der Waals surface area contributed by atoms with Crippen LogP contribution in [0.2, 0.25) is 0 Å². The van der Waals surface area contributed by atoms with Gasteiger partial charge in [-0.15, -0.1) is 0 Å². The van der Waals surface area contributed by atoms with Crippen LogP contribution in [0, 0.1) is 0 Å². The first-order valence-electron chi connectivity index (χ1n) is 9.07. The van der Waals surface area contributed by atoms with Crippen LogP contribution in [-0.4, -0.2) is 42.6 Å². The van der Waals surface area contributed by atoms with Gasteiger partial charge in [-0.25, -0.2) is 9.59 Å². The van der Waals surface area contributed by atoms with Crippen LogP contribution in [-0.2, 0) is 24.5 Å². The molecular formula is C20H26N2O5. The number of hydrogen-bond donors (Lipinski definition) is 1. The largest absolute Gasteiger partial charge is 0.466 e. The molecule has 0 spiro atoms. The molecule has 1 atom stereocenters. The Labute approximate surface area is 159 Å². The van der Waals surface area contributed by atoms with Gasteiger partial charge < -0.3 is 19.6 Å². The Morgan fingerprint density at radius 3 is 2.44 bits per heavy atom. The topological polar surface area (TPSA) is 86.2 Å². The molecule has 146 valence electrons. The normalized spacial score (nSPS) is 23.0. The Morgan fingerprint density at radius 2 is 1.89 bits per heavy atom. The molecule has 0 saturated heterocycles. The molecule has 0 aromatic heterocycles. The average Bonchev–Trinajstić information content (AvgIpc) is 3.33. The molecule has 7 nitrogen and oxygen atoms in total. The van der Waals surface area contributed by atoms with Crippen LogP contribution in [0.25, 0.3) is 0 Å².